The van der Waals surface area contributed by atoms with Gasteiger partial charge in [0, 0.05) is 31.5 Å². The van der Waals surface area contributed by atoms with Gasteiger partial charge in [-0.05, 0) is 37.7 Å². The quantitative estimate of drug-likeness (QED) is 0.893. The Bertz CT molecular complexity index is 847. The number of carbonyl (C=O) groups is 2. The van der Waals surface area contributed by atoms with Crippen LogP contribution in [0.5, 0.6) is 0 Å². The monoisotopic (exact) mass is 368 g/mol. The van der Waals surface area contributed by atoms with E-state index >= 15 is 0 Å². The summed E-state index contributed by atoms with van der Waals surface area (Å²) in [5.74, 6) is 1.53. The van der Waals surface area contributed by atoms with Crippen LogP contribution < -0.4 is 5.32 Å². The highest BCUT2D eigenvalue weighted by Gasteiger charge is 2.33. The highest BCUT2D eigenvalue weighted by atomic mass is 16.5. The molecule has 7 nitrogen and oxygen atoms in total. The van der Waals surface area contributed by atoms with Crippen molar-refractivity contribution in [2.45, 2.75) is 45.1 Å². The van der Waals surface area contributed by atoms with Gasteiger partial charge in [0.15, 0.2) is 0 Å². The van der Waals surface area contributed by atoms with Crippen molar-refractivity contribution in [3.63, 3.8) is 0 Å². The van der Waals surface area contributed by atoms with Crippen LogP contribution in [0, 0.1) is 12.8 Å². The molecule has 2 atom stereocenters. The van der Waals surface area contributed by atoms with Gasteiger partial charge in [0.25, 0.3) is 0 Å². The standard InChI is InChI=1S/C20H24N4O3/c1-13-5-2-3-7-15(13)19-22-18(27-23-19)11-14-6-4-10-24(12-14)20(26)16-8-9-17(25)21-16/h2-3,5,7,14,16H,4,6,8-12H2,1H3,(H,21,25). The zero-order valence-corrected chi connectivity index (χ0v) is 15.5. The summed E-state index contributed by atoms with van der Waals surface area (Å²) in [7, 11) is 0. The second-order valence-corrected chi connectivity index (χ2v) is 7.48. The SMILES string of the molecule is Cc1ccccc1-c1noc(CC2CCCN(C(=O)C3CCC(=O)N3)C2)n1. The molecule has 0 radical (unpaired) electrons. The van der Waals surface area contributed by atoms with Crippen LogP contribution in [0.1, 0.15) is 37.1 Å². The Morgan fingerprint density at radius 3 is 2.96 bits per heavy atom. The summed E-state index contributed by atoms with van der Waals surface area (Å²) >= 11 is 0. The molecule has 0 aliphatic carbocycles. The third-order valence-electron chi connectivity index (χ3n) is 5.44. The Morgan fingerprint density at radius 2 is 2.19 bits per heavy atom. The largest absolute Gasteiger partial charge is 0.344 e. The minimum atomic E-state index is -0.354. The number of piperidine rings is 1. The Hall–Kier alpha value is -2.70. The first-order valence-corrected chi connectivity index (χ1v) is 9.57. The normalized spacial score (nSPS) is 22.7. The molecule has 2 aliphatic rings. The number of aromatic nitrogens is 2. The highest BCUT2D eigenvalue weighted by Crippen LogP contribution is 2.24. The van der Waals surface area contributed by atoms with Crippen LogP contribution >= 0.6 is 0 Å². The van der Waals surface area contributed by atoms with Crippen molar-refractivity contribution in [2.75, 3.05) is 13.1 Å². The lowest BCUT2D eigenvalue weighted by atomic mass is 9.94. The maximum atomic E-state index is 12.6. The smallest absolute Gasteiger partial charge is 0.245 e. The molecule has 2 unspecified atom stereocenters. The van der Waals surface area contributed by atoms with E-state index in [0.29, 0.717) is 43.4 Å². The van der Waals surface area contributed by atoms with E-state index in [2.05, 4.69) is 15.5 Å². The molecule has 4 rings (SSSR count). The number of hydrogen-bond donors (Lipinski definition) is 1. The van der Waals surface area contributed by atoms with Gasteiger partial charge in [-0.1, -0.05) is 29.4 Å². The predicted octanol–water partition coefficient (Wildman–Crippen LogP) is 2.10. The molecule has 2 aromatic rings. The lowest BCUT2D eigenvalue weighted by molar-refractivity contribution is -0.136. The van der Waals surface area contributed by atoms with E-state index < -0.39 is 0 Å². The van der Waals surface area contributed by atoms with Gasteiger partial charge in [-0.3, -0.25) is 9.59 Å². The lowest BCUT2D eigenvalue weighted by Gasteiger charge is -2.33. The first kappa shape index (κ1) is 17.7. The van der Waals surface area contributed by atoms with Crippen molar-refractivity contribution in [3.8, 4) is 11.4 Å². The van der Waals surface area contributed by atoms with Crippen molar-refractivity contribution in [2.24, 2.45) is 5.92 Å². The molecule has 2 fully saturated rings. The van der Waals surface area contributed by atoms with Crippen LogP contribution in [-0.2, 0) is 16.0 Å². The summed E-state index contributed by atoms with van der Waals surface area (Å²) in [5.41, 5.74) is 2.09. The van der Waals surface area contributed by atoms with Crippen LogP contribution in [0.15, 0.2) is 28.8 Å². The van der Waals surface area contributed by atoms with E-state index in [1.807, 2.05) is 36.1 Å². The second-order valence-electron chi connectivity index (χ2n) is 7.48. The van der Waals surface area contributed by atoms with Gasteiger partial charge >= 0.3 is 0 Å². The van der Waals surface area contributed by atoms with Crippen LogP contribution in [0.25, 0.3) is 11.4 Å². The Kier molecular flexibility index (Phi) is 4.92. The molecule has 3 heterocycles. The van der Waals surface area contributed by atoms with Gasteiger partial charge in [-0.15, -0.1) is 0 Å². The molecule has 7 heteroatoms. The van der Waals surface area contributed by atoms with Crippen molar-refractivity contribution in [1.29, 1.82) is 0 Å². The summed E-state index contributed by atoms with van der Waals surface area (Å²) in [6.45, 7) is 3.45. The predicted molar refractivity (Wildman–Crippen MR) is 98.6 cm³/mol. The molecule has 0 saturated carbocycles. The summed E-state index contributed by atoms with van der Waals surface area (Å²) in [6, 6.07) is 7.61. The number of nitrogens with zero attached hydrogens (tertiary/aromatic N) is 3. The first-order chi connectivity index (χ1) is 13.1. The molecule has 1 N–H and O–H groups in total. The van der Waals surface area contributed by atoms with Gasteiger partial charge in [0.2, 0.25) is 23.5 Å². The third-order valence-corrected chi connectivity index (χ3v) is 5.44. The molecule has 1 aromatic carbocycles. The Morgan fingerprint density at radius 1 is 1.33 bits per heavy atom. The minimum absolute atomic E-state index is 0.0310. The molecule has 0 spiro atoms. The van der Waals surface area contributed by atoms with Gasteiger partial charge < -0.3 is 14.7 Å². The van der Waals surface area contributed by atoms with Crippen molar-refractivity contribution < 1.29 is 14.1 Å². The number of likely N-dealkylation sites (tertiary alicyclic amines) is 1. The second kappa shape index (κ2) is 7.50. The van der Waals surface area contributed by atoms with E-state index in [0.717, 1.165) is 30.5 Å². The molecule has 2 amide bonds. The zero-order valence-electron chi connectivity index (χ0n) is 15.5. The number of benzene rings is 1. The molecule has 2 saturated heterocycles. The number of carbonyl (C=O) groups excluding carboxylic acids is 2. The fraction of sp³-hybridized carbons (Fsp3) is 0.500. The summed E-state index contributed by atoms with van der Waals surface area (Å²) in [6.07, 6.45) is 3.69. The van der Waals surface area contributed by atoms with Crippen LogP contribution in [0.3, 0.4) is 0 Å². The highest BCUT2D eigenvalue weighted by molar-refractivity contribution is 5.90. The van der Waals surface area contributed by atoms with Gasteiger partial charge in [0.05, 0.1) is 0 Å². The van der Waals surface area contributed by atoms with E-state index in [1.165, 1.54) is 0 Å². The Balaban J connectivity index is 1.39. The van der Waals surface area contributed by atoms with Crippen LogP contribution in [0.4, 0.5) is 0 Å². The molecule has 27 heavy (non-hydrogen) atoms. The number of rotatable bonds is 4. The van der Waals surface area contributed by atoms with Gasteiger partial charge in [0.1, 0.15) is 6.04 Å². The van der Waals surface area contributed by atoms with Gasteiger partial charge in [-0.2, -0.15) is 4.98 Å². The fourth-order valence-corrected chi connectivity index (χ4v) is 3.97. The fourth-order valence-electron chi connectivity index (χ4n) is 3.97. The number of nitrogens with one attached hydrogen (secondary N) is 1. The Labute approximate surface area is 158 Å². The van der Waals surface area contributed by atoms with E-state index in [-0.39, 0.29) is 17.9 Å². The average molecular weight is 368 g/mol. The van der Waals surface area contributed by atoms with Crippen molar-refractivity contribution in [1.82, 2.24) is 20.4 Å². The van der Waals surface area contributed by atoms with Crippen LogP contribution in [0.2, 0.25) is 0 Å². The maximum absolute atomic E-state index is 12.6. The maximum Gasteiger partial charge on any atom is 0.245 e. The summed E-state index contributed by atoms with van der Waals surface area (Å²) in [4.78, 5) is 30.4. The van der Waals surface area contributed by atoms with Crippen LogP contribution in [-0.4, -0.2) is 46.0 Å². The lowest BCUT2D eigenvalue weighted by Crippen LogP contribution is -2.48. The topological polar surface area (TPSA) is 88.3 Å². The number of hydrogen-bond acceptors (Lipinski definition) is 5. The summed E-state index contributed by atoms with van der Waals surface area (Å²) < 4.78 is 5.46. The van der Waals surface area contributed by atoms with E-state index in [9.17, 15) is 9.59 Å². The van der Waals surface area contributed by atoms with Gasteiger partial charge in [-0.25, -0.2) is 0 Å². The third kappa shape index (κ3) is 3.86. The molecule has 2 aliphatic heterocycles. The molecular formula is C20H24N4O3. The van der Waals surface area contributed by atoms with E-state index in [1.54, 1.807) is 0 Å². The molecule has 142 valence electrons. The minimum Gasteiger partial charge on any atom is -0.344 e. The zero-order chi connectivity index (χ0) is 18.8. The number of aryl methyl sites for hydroxylation is 1. The van der Waals surface area contributed by atoms with Crippen molar-refractivity contribution >= 4 is 11.8 Å². The molecular weight excluding hydrogens is 344 g/mol. The first-order valence-electron chi connectivity index (χ1n) is 9.57. The molecule has 1 aromatic heterocycles. The molecule has 0 bridgehead atoms. The van der Waals surface area contributed by atoms with Crippen molar-refractivity contribution in [3.05, 3.63) is 35.7 Å². The summed E-state index contributed by atoms with van der Waals surface area (Å²) in [5, 5.41) is 6.90. The number of amides is 2. The van der Waals surface area contributed by atoms with E-state index in [4.69, 9.17) is 4.52 Å². The average Bonchev–Trinajstić information content (AvgIpc) is 3.31.